The fourth-order valence-electron chi connectivity index (χ4n) is 3.36. The van der Waals surface area contributed by atoms with E-state index in [0.29, 0.717) is 43.2 Å². The van der Waals surface area contributed by atoms with Crippen molar-refractivity contribution in [3.8, 4) is 0 Å². The molecular weight excluding hydrogens is 434 g/mol. The zero-order valence-corrected chi connectivity index (χ0v) is 18.7. The summed E-state index contributed by atoms with van der Waals surface area (Å²) in [4.78, 5) is 18.0. The first kappa shape index (κ1) is 21.6. The third-order valence-electron chi connectivity index (χ3n) is 5.10. The third-order valence-corrected chi connectivity index (χ3v) is 7.79. The van der Waals surface area contributed by atoms with E-state index in [1.54, 1.807) is 13.0 Å². The lowest BCUT2D eigenvalue weighted by Gasteiger charge is -2.26. The summed E-state index contributed by atoms with van der Waals surface area (Å²) in [5.41, 5.74) is 2.07. The molecule has 0 N–H and O–H groups in total. The number of rotatable bonds is 5. The molecule has 2 heterocycles. The van der Waals surface area contributed by atoms with E-state index in [-0.39, 0.29) is 10.5 Å². The molecule has 1 aliphatic heterocycles. The van der Waals surface area contributed by atoms with E-state index in [2.05, 4.69) is 4.99 Å². The van der Waals surface area contributed by atoms with Crippen molar-refractivity contribution in [1.82, 2.24) is 8.87 Å². The van der Waals surface area contributed by atoms with Crippen molar-refractivity contribution >= 4 is 27.3 Å². The molecule has 3 aromatic rings. The first-order chi connectivity index (χ1) is 14.9. The van der Waals surface area contributed by atoms with Crippen molar-refractivity contribution in [3.63, 3.8) is 0 Å². The van der Waals surface area contributed by atoms with Gasteiger partial charge in [-0.1, -0.05) is 36.4 Å². The number of carbonyl (C=O) groups excluding carboxylic acids is 1. The molecule has 0 unspecified atom stereocenters. The molecule has 2 aromatic carbocycles. The second-order valence-electron chi connectivity index (χ2n) is 7.21. The summed E-state index contributed by atoms with van der Waals surface area (Å²) in [7, 11) is -3.69. The molecule has 31 heavy (non-hydrogen) atoms. The van der Waals surface area contributed by atoms with E-state index >= 15 is 0 Å². The van der Waals surface area contributed by atoms with Crippen LogP contribution in [0.5, 0.6) is 0 Å². The van der Waals surface area contributed by atoms with Crippen LogP contribution in [0.2, 0.25) is 0 Å². The van der Waals surface area contributed by atoms with Crippen molar-refractivity contribution in [3.05, 3.63) is 81.6 Å². The fraction of sp³-hybridized carbons (Fsp3) is 0.273. The molecule has 0 saturated carbocycles. The van der Waals surface area contributed by atoms with Gasteiger partial charge in [-0.25, -0.2) is 8.42 Å². The predicted octanol–water partition coefficient (Wildman–Crippen LogP) is 2.67. The van der Waals surface area contributed by atoms with Crippen LogP contribution < -0.4 is 4.80 Å². The predicted molar refractivity (Wildman–Crippen MR) is 119 cm³/mol. The molecule has 0 bridgehead atoms. The lowest BCUT2D eigenvalue weighted by molar-refractivity contribution is 0.0730. The van der Waals surface area contributed by atoms with E-state index < -0.39 is 15.9 Å². The molecule has 7 nitrogen and oxygen atoms in total. The number of sulfonamides is 1. The SMILES string of the molecule is Cc1ccc(S(=O)(=O)N2CCOCC2)cc1C(=O)N=c1sccn1Cc1ccccc1. The fourth-order valence-corrected chi connectivity index (χ4v) is 5.52. The van der Waals surface area contributed by atoms with Gasteiger partial charge in [0, 0.05) is 36.8 Å². The number of morpholine rings is 1. The van der Waals surface area contributed by atoms with E-state index in [1.165, 1.54) is 27.8 Å². The second-order valence-corrected chi connectivity index (χ2v) is 10.0. The molecule has 1 aromatic heterocycles. The Hall–Kier alpha value is -2.59. The third kappa shape index (κ3) is 4.85. The first-order valence-corrected chi connectivity index (χ1v) is 12.2. The highest BCUT2D eigenvalue weighted by molar-refractivity contribution is 7.89. The monoisotopic (exact) mass is 457 g/mol. The Bertz CT molecular complexity index is 1240. The van der Waals surface area contributed by atoms with Crippen LogP contribution in [-0.4, -0.2) is 49.5 Å². The van der Waals surface area contributed by atoms with Crippen LogP contribution in [-0.2, 0) is 21.3 Å². The molecule has 4 rings (SSSR count). The van der Waals surface area contributed by atoms with Crippen LogP contribution in [0, 0.1) is 6.92 Å². The summed E-state index contributed by atoms with van der Waals surface area (Å²) in [5.74, 6) is -0.458. The van der Waals surface area contributed by atoms with Gasteiger partial charge in [-0.2, -0.15) is 9.30 Å². The van der Waals surface area contributed by atoms with Crippen molar-refractivity contribution in [2.45, 2.75) is 18.4 Å². The van der Waals surface area contributed by atoms with Gasteiger partial charge < -0.3 is 9.30 Å². The van der Waals surface area contributed by atoms with E-state index in [1.807, 2.05) is 46.5 Å². The van der Waals surface area contributed by atoms with Crippen LogP contribution >= 0.6 is 11.3 Å². The second kappa shape index (κ2) is 9.27. The number of thiazole rings is 1. The van der Waals surface area contributed by atoms with Crippen LogP contribution in [0.1, 0.15) is 21.5 Å². The zero-order chi connectivity index (χ0) is 21.8. The summed E-state index contributed by atoms with van der Waals surface area (Å²) in [6, 6.07) is 14.5. The zero-order valence-electron chi connectivity index (χ0n) is 17.1. The Labute approximate surface area is 185 Å². The summed E-state index contributed by atoms with van der Waals surface area (Å²) in [6.45, 7) is 3.72. The number of aromatic nitrogens is 1. The van der Waals surface area contributed by atoms with Gasteiger partial charge in [-0.05, 0) is 30.2 Å². The van der Waals surface area contributed by atoms with Gasteiger partial charge in [0.15, 0.2) is 4.80 Å². The average Bonchev–Trinajstić information content (AvgIpc) is 3.21. The molecule has 1 aliphatic rings. The lowest BCUT2D eigenvalue weighted by Crippen LogP contribution is -2.40. The maximum atomic E-state index is 13.0. The molecule has 0 spiro atoms. The van der Waals surface area contributed by atoms with E-state index in [0.717, 1.165) is 5.56 Å². The summed E-state index contributed by atoms with van der Waals surface area (Å²) >= 11 is 1.37. The van der Waals surface area contributed by atoms with Gasteiger partial charge in [0.2, 0.25) is 10.0 Å². The number of carbonyl (C=O) groups is 1. The maximum absolute atomic E-state index is 13.0. The highest BCUT2D eigenvalue weighted by Gasteiger charge is 2.27. The normalized spacial score (nSPS) is 15.8. The summed E-state index contributed by atoms with van der Waals surface area (Å²) in [6.07, 6.45) is 1.88. The highest BCUT2D eigenvalue weighted by Crippen LogP contribution is 2.21. The number of ether oxygens (including phenoxy) is 1. The largest absolute Gasteiger partial charge is 0.379 e. The number of hydrogen-bond acceptors (Lipinski definition) is 5. The number of amides is 1. The smallest absolute Gasteiger partial charge is 0.279 e. The maximum Gasteiger partial charge on any atom is 0.279 e. The van der Waals surface area contributed by atoms with E-state index in [4.69, 9.17) is 4.74 Å². The van der Waals surface area contributed by atoms with E-state index in [9.17, 15) is 13.2 Å². The minimum atomic E-state index is -3.69. The quantitative estimate of drug-likeness (QED) is 0.590. The Kier molecular flexibility index (Phi) is 6.47. The lowest BCUT2D eigenvalue weighted by atomic mass is 10.1. The number of hydrogen-bond donors (Lipinski definition) is 0. The molecule has 1 saturated heterocycles. The van der Waals surface area contributed by atoms with Crippen LogP contribution in [0.4, 0.5) is 0 Å². The Balaban J connectivity index is 1.64. The molecular formula is C22H23N3O4S2. The molecule has 0 aliphatic carbocycles. The van der Waals surface area contributed by atoms with Gasteiger partial charge in [0.25, 0.3) is 5.91 Å². The molecule has 0 radical (unpaired) electrons. The van der Waals surface area contributed by atoms with Crippen molar-refractivity contribution in [2.75, 3.05) is 26.3 Å². The average molecular weight is 458 g/mol. The standard InChI is InChI=1S/C22H23N3O4S2/c1-17-7-8-19(31(27,28)25-9-12-29-13-10-25)15-20(17)21(26)23-22-24(11-14-30-22)16-18-5-3-2-4-6-18/h2-8,11,14-15H,9-10,12-13,16H2,1H3. The molecule has 0 atom stereocenters. The van der Waals surface area contributed by atoms with Crippen molar-refractivity contribution in [1.29, 1.82) is 0 Å². The van der Waals surface area contributed by atoms with Gasteiger partial charge in [0.05, 0.1) is 18.1 Å². The van der Waals surface area contributed by atoms with Crippen LogP contribution in [0.25, 0.3) is 0 Å². The van der Waals surface area contributed by atoms with Crippen LogP contribution in [0.3, 0.4) is 0 Å². The number of aryl methyl sites for hydroxylation is 1. The number of nitrogens with zero attached hydrogens (tertiary/aromatic N) is 3. The highest BCUT2D eigenvalue weighted by atomic mass is 32.2. The molecule has 9 heteroatoms. The molecule has 162 valence electrons. The van der Waals surface area contributed by atoms with Crippen molar-refractivity contribution in [2.24, 2.45) is 4.99 Å². The van der Waals surface area contributed by atoms with Gasteiger partial charge in [-0.15, -0.1) is 11.3 Å². The topological polar surface area (TPSA) is 81.0 Å². The molecule has 1 amide bonds. The first-order valence-electron chi connectivity index (χ1n) is 9.90. The summed E-state index contributed by atoms with van der Waals surface area (Å²) in [5, 5.41) is 1.88. The van der Waals surface area contributed by atoms with Gasteiger partial charge in [-0.3, -0.25) is 4.79 Å². The van der Waals surface area contributed by atoms with Crippen molar-refractivity contribution < 1.29 is 17.9 Å². The van der Waals surface area contributed by atoms with Crippen LogP contribution in [0.15, 0.2) is 70.0 Å². The minimum absolute atomic E-state index is 0.0990. The Morgan fingerprint density at radius 3 is 2.61 bits per heavy atom. The number of benzene rings is 2. The van der Waals surface area contributed by atoms with Gasteiger partial charge in [0.1, 0.15) is 0 Å². The summed E-state index contributed by atoms with van der Waals surface area (Å²) < 4.78 is 34.5. The van der Waals surface area contributed by atoms with Gasteiger partial charge >= 0.3 is 0 Å². The Morgan fingerprint density at radius 2 is 1.87 bits per heavy atom. The minimum Gasteiger partial charge on any atom is -0.379 e. The Morgan fingerprint density at radius 1 is 1.13 bits per heavy atom. The molecule has 1 fully saturated rings.